The van der Waals surface area contributed by atoms with Crippen LogP contribution in [0.2, 0.25) is 0 Å². The maximum absolute atomic E-state index is 12.4. The second-order valence-corrected chi connectivity index (χ2v) is 6.65. The van der Waals surface area contributed by atoms with Crippen LogP contribution in [0.4, 0.5) is 5.69 Å². The van der Waals surface area contributed by atoms with Gasteiger partial charge in [0.2, 0.25) is 0 Å². The maximum atomic E-state index is 12.4. The molecule has 0 radical (unpaired) electrons. The summed E-state index contributed by atoms with van der Waals surface area (Å²) >= 11 is 3.49. The average Bonchev–Trinajstić information content (AvgIpc) is 2.41. The van der Waals surface area contributed by atoms with Crippen molar-refractivity contribution < 1.29 is 14.3 Å². The topological polar surface area (TPSA) is 47.6 Å². The van der Waals surface area contributed by atoms with E-state index >= 15 is 0 Å². The molecule has 1 rings (SSSR count). The Morgan fingerprint density at radius 3 is 2.43 bits per heavy atom. The molecule has 0 saturated heterocycles. The van der Waals surface area contributed by atoms with Crippen LogP contribution in [0.5, 0.6) is 0 Å². The molecule has 1 atom stereocenters. The summed E-state index contributed by atoms with van der Waals surface area (Å²) in [6, 6.07) is 7.69. The number of esters is 1. The Hall–Kier alpha value is -1.07. The molecule has 4 nitrogen and oxygen atoms in total. The van der Waals surface area contributed by atoms with Gasteiger partial charge in [-0.25, -0.2) is 4.79 Å². The van der Waals surface area contributed by atoms with Crippen LogP contribution in [0.25, 0.3) is 0 Å². The van der Waals surface area contributed by atoms with E-state index in [4.69, 9.17) is 9.47 Å². The number of benzene rings is 1. The molecule has 0 bridgehead atoms. The summed E-state index contributed by atoms with van der Waals surface area (Å²) in [5.74, 6) is -0.286. The van der Waals surface area contributed by atoms with Crippen molar-refractivity contribution in [2.45, 2.75) is 45.3 Å². The number of ether oxygens (including phenoxy) is 2. The zero-order chi connectivity index (χ0) is 16.1. The average molecular weight is 358 g/mol. The third-order valence-corrected chi connectivity index (χ3v) is 4.03. The number of rotatable bonds is 7. The van der Waals surface area contributed by atoms with E-state index < -0.39 is 11.1 Å². The second kappa shape index (κ2) is 7.27. The SMILES string of the molecule is CCOC(=O)C(C)(CC(C)(C)OC)Nc1ccccc1Br. The highest BCUT2D eigenvalue weighted by atomic mass is 79.9. The predicted molar refractivity (Wildman–Crippen MR) is 88.5 cm³/mol. The van der Waals surface area contributed by atoms with Crippen LogP contribution in [-0.2, 0) is 14.3 Å². The van der Waals surface area contributed by atoms with Crippen molar-refractivity contribution in [3.8, 4) is 0 Å². The van der Waals surface area contributed by atoms with Gasteiger partial charge in [0.25, 0.3) is 0 Å². The normalized spacial score (nSPS) is 14.4. The second-order valence-electron chi connectivity index (χ2n) is 5.80. The van der Waals surface area contributed by atoms with E-state index in [-0.39, 0.29) is 5.97 Å². The Morgan fingerprint density at radius 1 is 1.29 bits per heavy atom. The van der Waals surface area contributed by atoms with Gasteiger partial charge in [-0.1, -0.05) is 12.1 Å². The summed E-state index contributed by atoms with van der Waals surface area (Å²) in [5, 5.41) is 3.30. The van der Waals surface area contributed by atoms with Gasteiger partial charge >= 0.3 is 5.97 Å². The maximum Gasteiger partial charge on any atom is 0.331 e. The van der Waals surface area contributed by atoms with Gasteiger partial charge in [0, 0.05) is 23.7 Å². The molecule has 0 amide bonds. The fourth-order valence-corrected chi connectivity index (χ4v) is 2.63. The lowest BCUT2D eigenvalue weighted by molar-refractivity contribution is -0.150. The van der Waals surface area contributed by atoms with E-state index in [2.05, 4.69) is 21.2 Å². The molecule has 0 aromatic heterocycles. The van der Waals surface area contributed by atoms with Gasteiger partial charge in [0.05, 0.1) is 12.2 Å². The zero-order valence-corrected chi connectivity index (χ0v) is 14.9. The molecule has 1 N–H and O–H groups in total. The smallest absolute Gasteiger partial charge is 0.331 e. The van der Waals surface area contributed by atoms with Gasteiger partial charge in [0.1, 0.15) is 5.54 Å². The van der Waals surface area contributed by atoms with Crippen LogP contribution in [-0.4, -0.2) is 30.8 Å². The van der Waals surface area contributed by atoms with Crippen LogP contribution in [0, 0.1) is 0 Å². The third kappa shape index (κ3) is 5.00. The molecule has 1 aromatic carbocycles. The number of anilines is 1. The van der Waals surface area contributed by atoms with E-state index in [1.165, 1.54) is 0 Å². The van der Waals surface area contributed by atoms with E-state index in [1.807, 2.05) is 45.0 Å². The predicted octanol–water partition coefficient (Wildman–Crippen LogP) is 4.00. The molecule has 0 saturated carbocycles. The fraction of sp³-hybridized carbons (Fsp3) is 0.562. The van der Waals surface area contributed by atoms with Crippen LogP contribution >= 0.6 is 15.9 Å². The Bertz CT molecular complexity index is 490. The summed E-state index contributed by atoms with van der Waals surface area (Å²) in [4.78, 5) is 12.4. The van der Waals surface area contributed by atoms with Crippen molar-refractivity contribution in [1.29, 1.82) is 0 Å². The standard InChI is InChI=1S/C16H24BrNO3/c1-6-21-14(19)16(4,11-15(2,3)20-5)18-13-10-8-7-9-12(13)17/h7-10,18H,6,11H2,1-5H3. The molecular formula is C16H24BrNO3. The summed E-state index contributed by atoms with van der Waals surface area (Å²) < 4.78 is 11.6. The van der Waals surface area contributed by atoms with Crippen molar-refractivity contribution in [3.05, 3.63) is 28.7 Å². The lowest BCUT2D eigenvalue weighted by Gasteiger charge is -2.36. The quantitative estimate of drug-likeness (QED) is 0.749. The largest absolute Gasteiger partial charge is 0.464 e. The molecule has 0 spiro atoms. The van der Waals surface area contributed by atoms with Crippen molar-refractivity contribution in [1.82, 2.24) is 0 Å². The minimum absolute atomic E-state index is 0.286. The number of carbonyl (C=O) groups excluding carboxylic acids is 1. The van der Waals surface area contributed by atoms with Crippen molar-refractivity contribution in [2.75, 3.05) is 19.0 Å². The highest BCUT2D eigenvalue weighted by molar-refractivity contribution is 9.10. The first kappa shape index (κ1) is 18.0. The van der Waals surface area contributed by atoms with Crippen LogP contribution in [0.1, 0.15) is 34.1 Å². The summed E-state index contributed by atoms with van der Waals surface area (Å²) in [6.07, 6.45) is 0.483. The first-order chi connectivity index (χ1) is 9.74. The van der Waals surface area contributed by atoms with Crippen molar-refractivity contribution >= 4 is 27.6 Å². The van der Waals surface area contributed by atoms with Crippen LogP contribution in [0.3, 0.4) is 0 Å². The Balaban J connectivity index is 3.07. The van der Waals surface area contributed by atoms with Gasteiger partial charge in [-0.15, -0.1) is 0 Å². The highest BCUT2D eigenvalue weighted by Gasteiger charge is 2.40. The van der Waals surface area contributed by atoms with E-state index in [1.54, 1.807) is 14.0 Å². The lowest BCUT2D eigenvalue weighted by atomic mass is 9.87. The fourth-order valence-electron chi connectivity index (χ4n) is 2.24. The molecule has 118 valence electrons. The molecule has 21 heavy (non-hydrogen) atoms. The molecule has 1 unspecified atom stereocenters. The van der Waals surface area contributed by atoms with Crippen LogP contribution in [0.15, 0.2) is 28.7 Å². The number of para-hydroxylation sites is 1. The molecular weight excluding hydrogens is 334 g/mol. The zero-order valence-electron chi connectivity index (χ0n) is 13.3. The molecule has 1 aromatic rings. The lowest BCUT2D eigenvalue weighted by Crippen LogP contribution is -2.50. The summed E-state index contributed by atoms with van der Waals surface area (Å²) in [5.41, 5.74) is -0.477. The molecule has 0 aliphatic carbocycles. The van der Waals surface area contributed by atoms with Gasteiger partial charge in [0.15, 0.2) is 0 Å². The Kier molecular flexibility index (Phi) is 6.23. The molecule has 0 fully saturated rings. The molecule has 0 aliphatic rings. The Morgan fingerprint density at radius 2 is 1.90 bits per heavy atom. The molecule has 0 aliphatic heterocycles. The van der Waals surface area contributed by atoms with Gasteiger partial charge in [-0.05, 0) is 55.8 Å². The molecule has 0 heterocycles. The van der Waals surface area contributed by atoms with Gasteiger partial charge < -0.3 is 14.8 Å². The first-order valence-corrected chi connectivity index (χ1v) is 7.78. The number of hydrogen-bond acceptors (Lipinski definition) is 4. The highest BCUT2D eigenvalue weighted by Crippen LogP contribution is 2.31. The minimum atomic E-state index is -0.876. The summed E-state index contributed by atoms with van der Waals surface area (Å²) in [7, 11) is 1.64. The van der Waals surface area contributed by atoms with Gasteiger partial charge in [-0.3, -0.25) is 0 Å². The van der Waals surface area contributed by atoms with Crippen molar-refractivity contribution in [3.63, 3.8) is 0 Å². The van der Waals surface area contributed by atoms with E-state index in [0.717, 1.165) is 10.2 Å². The van der Waals surface area contributed by atoms with E-state index in [9.17, 15) is 4.79 Å². The first-order valence-electron chi connectivity index (χ1n) is 6.99. The van der Waals surface area contributed by atoms with Crippen molar-refractivity contribution in [2.24, 2.45) is 0 Å². The number of carbonyl (C=O) groups is 1. The third-order valence-electron chi connectivity index (χ3n) is 3.34. The number of nitrogens with one attached hydrogen (secondary N) is 1. The number of hydrogen-bond donors (Lipinski definition) is 1. The van der Waals surface area contributed by atoms with E-state index in [0.29, 0.717) is 13.0 Å². The van der Waals surface area contributed by atoms with Crippen LogP contribution < -0.4 is 5.32 Å². The minimum Gasteiger partial charge on any atom is -0.464 e. The Labute approximate surface area is 135 Å². The van der Waals surface area contributed by atoms with Gasteiger partial charge in [-0.2, -0.15) is 0 Å². The monoisotopic (exact) mass is 357 g/mol. The molecule has 5 heteroatoms. The number of halogens is 1. The summed E-state index contributed by atoms with van der Waals surface area (Å²) in [6.45, 7) is 7.89. The number of methoxy groups -OCH3 is 1.